The average Bonchev–Trinajstić information content (AvgIpc) is 3.23. The standard InChI is InChI=1S/C24H34F3N3O4/c1-15(2)23(7-4-18(11-23)28-19-6-9-34-14-21(19)33-3)22(31)29-8-5-20-16(12-29)10-17(13-30(20)32)24(25,26)27/h10,13,15,18-19,21,28H,4-9,11-12,14H2,1-3H3/t18-,19+,21-,23+/m1/s1. The van der Waals surface area contributed by atoms with Crippen LogP contribution in [0.25, 0.3) is 0 Å². The van der Waals surface area contributed by atoms with Crippen LogP contribution in [0, 0.1) is 16.5 Å². The maximum atomic E-state index is 13.8. The van der Waals surface area contributed by atoms with Gasteiger partial charge >= 0.3 is 6.18 Å². The van der Waals surface area contributed by atoms with Gasteiger partial charge in [0.1, 0.15) is 5.56 Å². The number of carbonyl (C=O) groups is 1. The van der Waals surface area contributed by atoms with Gasteiger partial charge in [0.05, 0.1) is 31.1 Å². The van der Waals surface area contributed by atoms with Crippen molar-refractivity contribution < 1.29 is 32.2 Å². The van der Waals surface area contributed by atoms with E-state index in [2.05, 4.69) is 5.32 Å². The number of pyridine rings is 1. The number of alkyl halides is 3. The van der Waals surface area contributed by atoms with Crippen LogP contribution in [0.5, 0.6) is 0 Å². The molecular weight excluding hydrogens is 451 g/mol. The van der Waals surface area contributed by atoms with Gasteiger partial charge in [0.25, 0.3) is 0 Å². The molecule has 0 unspecified atom stereocenters. The monoisotopic (exact) mass is 485 g/mol. The van der Waals surface area contributed by atoms with Gasteiger partial charge in [-0.2, -0.15) is 17.9 Å². The van der Waals surface area contributed by atoms with Crippen LogP contribution in [-0.4, -0.2) is 55.9 Å². The molecule has 3 aliphatic rings. The normalized spacial score (nSPS) is 30.0. The van der Waals surface area contributed by atoms with Crippen molar-refractivity contribution in [1.29, 1.82) is 0 Å². The van der Waals surface area contributed by atoms with E-state index in [4.69, 9.17) is 9.47 Å². The SMILES string of the molecule is CO[C@@H]1COCC[C@@H]1N[C@@H]1CC[C@@](C(=O)N2CCc3c(cc(C(F)(F)F)c[n+]3[O-])C2)(C(C)C)C1. The van der Waals surface area contributed by atoms with Crippen molar-refractivity contribution in [1.82, 2.24) is 10.2 Å². The van der Waals surface area contributed by atoms with E-state index in [0.717, 1.165) is 25.3 Å². The Morgan fingerprint density at radius 1 is 1.38 bits per heavy atom. The van der Waals surface area contributed by atoms with Crippen LogP contribution in [-0.2, 0) is 33.4 Å². The summed E-state index contributed by atoms with van der Waals surface area (Å²) >= 11 is 0. The molecule has 1 N–H and O–H groups in total. The highest BCUT2D eigenvalue weighted by Crippen LogP contribution is 2.47. The number of nitrogens with one attached hydrogen (secondary N) is 1. The average molecular weight is 486 g/mol. The quantitative estimate of drug-likeness (QED) is 0.513. The van der Waals surface area contributed by atoms with Gasteiger partial charge in [-0.25, -0.2) is 0 Å². The van der Waals surface area contributed by atoms with Crippen LogP contribution < -0.4 is 10.0 Å². The molecule has 1 amide bonds. The molecule has 1 saturated carbocycles. The third kappa shape index (κ3) is 4.77. The molecule has 1 saturated heterocycles. The van der Waals surface area contributed by atoms with Crippen LogP contribution in [0.3, 0.4) is 0 Å². The molecule has 0 spiro atoms. The van der Waals surface area contributed by atoms with Crippen molar-refractivity contribution in [3.05, 3.63) is 34.3 Å². The predicted molar refractivity (Wildman–Crippen MR) is 118 cm³/mol. The van der Waals surface area contributed by atoms with E-state index in [1.807, 2.05) is 13.8 Å². The number of amides is 1. The predicted octanol–water partition coefficient (Wildman–Crippen LogP) is 2.81. The first-order valence-electron chi connectivity index (χ1n) is 12.0. The zero-order valence-electron chi connectivity index (χ0n) is 20.0. The molecule has 0 radical (unpaired) electrons. The minimum Gasteiger partial charge on any atom is -0.618 e. The Bertz CT molecular complexity index is 910. The van der Waals surface area contributed by atoms with Crippen molar-refractivity contribution in [3.63, 3.8) is 0 Å². The Morgan fingerprint density at radius 2 is 2.15 bits per heavy atom. The highest BCUT2D eigenvalue weighted by atomic mass is 19.4. The molecule has 1 aliphatic carbocycles. The van der Waals surface area contributed by atoms with Crippen LogP contribution in [0.15, 0.2) is 12.3 Å². The molecule has 3 heterocycles. The van der Waals surface area contributed by atoms with E-state index in [-0.39, 0.29) is 48.5 Å². The third-order valence-corrected chi connectivity index (χ3v) is 7.95. The molecule has 2 aliphatic heterocycles. The molecule has 7 nitrogen and oxygen atoms in total. The van der Waals surface area contributed by atoms with E-state index in [9.17, 15) is 23.2 Å². The molecule has 4 rings (SSSR count). The van der Waals surface area contributed by atoms with Crippen LogP contribution in [0.2, 0.25) is 0 Å². The van der Waals surface area contributed by atoms with Crippen LogP contribution in [0.1, 0.15) is 56.4 Å². The Morgan fingerprint density at radius 3 is 2.82 bits per heavy atom. The second-order valence-corrected chi connectivity index (χ2v) is 10.2. The first-order valence-corrected chi connectivity index (χ1v) is 12.0. The molecule has 1 aromatic heterocycles. The van der Waals surface area contributed by atoms with E-state index in [1.54, 1.807) is 12.0 Å². The lowest BCUT2D eigenvalue weighted by atomic mass is 9.74. The number of hydrogen-bond donors (Lipinski definition) is 1. The van der Waals surface area contributed by atoms with Gasteiger partial charge in [-0.15, -0.1) is 0 Å². The summed E-state index contributed by atoms with van der Waals surface area (Å²) in [5.41, 5.74) is -0.978. The summed E-state index contributed by atoms with van der Waals surface area (Å²) in [6.07, 6.45) is -0.725. The van der Waals surface area contributed by atoms with E-state index in [0.29, 0.717) is 42.8 Å². The second-order valence-electron chi connectivity index (χ2n) is 10.2. The number of hydrogen-bond acceptors (Lipinski definition) is 5. The van der Waals surface area contributed by atoms with Crippen molar-refractivity contribution in [2.24, 2.45) is 11.3 Å². The van der Waals surface area contributed by atoms with Gasteiger partial charge < -0.3 is 24.9 Å². The van der Waals surface area contributed by atoms with Crippen molar-refractivity contribution >= 4 is 5.91 Å². The fraction of sp³-hybridized carbons (Fsp3) is 0.750. The molecule has 1 aromatic rings. The molecule has 34 heavy (non-hydrogen) atoms. The number of halogens is 3. The molecule has 10 heteroatoms. The Labute approximate surface area is 198 Å². The Balaban J connectivity index is 1.50. The number of rotatable bonds is 5. The zero-order valence-corrected chi connectivity index (χ0v) is 20.0. The van der Waals surface area contributed by atoms with E-state index in [1.165, 1.54) is 0 Å². The summed E-state index contributed by atoms with van der Waals surface area (Å²) in [5, 5.41) is 15.9. The summed E-state index contributed by atoms with van der Waals surface area (Å²) in [7, 11) is 1.68. The Hall–Kier alpha value is -1.91. The number of ether oxygens (including phenoxy) is 2. The van der Waals surface area contributed by atoms with Gasteiger partial charge in [-0.1, -0.05) is 13.8 Å². The maximum absolute atomic E-state index is 13.8. The first-order chi connectivity index (χ1) is 16.0. The van der Waals surface area contributed by atoms with E-state index >= 15 is 0 Å². The summed E-state index contributed by atoms with van der Waals surface area (Å²) < 4.78 is 51.1. The third-order valence-electron chi connectivity index (χ3n) is 7.95. The highest BCUT2D eigenvalue weighted by Gasteiger charge is 2.50. The van der Waals surface area contributed by atoms with Crippen LogP contribution in [0.4, 0.5) is 13.2 Å². The summed E-state index contributed by atoms with van der Waals surface area (Å²) in [5.74, 6) is 0.0506. The number of fused-ring (bicyclic) bond motifs is 1. The fourth-order valence-corrected chi connectivity index (χ4v) is 5.85. The van der Waals surface area contributed by atoms with Gasteiger partial charge in [-0.3, -0.25) is 4.79 Å². The lowest BCUT2D eigenvalue weighted by Crippen LogP contribution is -2.52. The van der Waals surface area contributed by atoms with Gasteiger partial charge in [0.2, 0.25) is 5.91 Å². The van der Waals surface area contributed by atoms with Crippen molar-refractivity contribution in [3.8, 4) is 0 Å². The lowest BCUT2D eigenvalue weighted by Gasteiger charge is -2.39. The Kier molecular flexibility index (Phi) is 7.13. The summed E-state index contributed by atoms with van der Waals surface area (Å²) in [6.45, 7) is 5.65. The second kappa shape index (κ2) is 9.62. The molecule has 190 valence electrons. The number of nitrogens with zero attached hydrogens (tertiary/aromatic N) is 2. The zero-order chi connectivity index (χ0) is 24.7. The maximum Gasteiger partial charge on any atom is 0.422 e. The fourth-order valence-electron chi connectivity index (χ4n) is 5.85. The molecule has 4 atom stereocenters. The number of aromatic nitrogens is 1. The van der Waals surface area contributed by atoms with Gasteiger partial charge in [0, 0.05) is 37.9 Å². The molecular formula is C24H34F3N3O4. The summed E-state index contributed by atoms with van der Waals surface area (Å²) in [6, 6.07) is 1.34. The minimum absolute atomic E-state index is 0.0254. The highest BCUT2D eigenvalue weighted by molar-refractivity contribution is 5.83. The van der Waals surface area contributed by atoms with E-state index < -0.39 is 17.2 Å². The van der Waals surface area contributed by atoms with Crippen LogP contribution >= 0.6 is 0 Å². The molecule has 2 fully saturated rings. The number of methoxy groups -OCH3 is 1. The largest absolute Gasteiger partial charge is 0.618 e. The minimum atomic E-state index is -4.61. The van der Waals surface area contributed by atoms with Gasteiger partial charge in [-0.05, 0) is 37.7 Å². The molecule has 0 aromatic carbocycles. The molecule has 0 bridgehead atoms. The van der Waals surface area contributed by atoms with Crippen molar-refractivity contribution in [2.45, 2.75) is 76.9 Å². The lowest BCUT2D eigenvalue weighted by molar-refractivity contribution is -0.616. The van der Waals surface area contributed by atoms with Gasteiger partial charge in [0.15, 0.2) is 11.9 Å². The first kappa shape index (κ1) is 25.2. The smallest absolute Gasteiger partial charge is 0.422 e. The number of carbonyl (C=O) groups excluding carboxylic acids is 1. The van der Waals surface area contributed by atoms with Crippen molar-refractivity contribution in [2.75, 3.05) is 26.9 Å². The summed E-state index contributed by atoms with van der Waals surface area (Å²) in [4.78, 5) is 15.5. The topological polar surface area (TPSA) is 77.7 Å².